The molecular formula is C35H61NO13. The lowest BCUT2D eigenvalue weighted by molar-refractivity contribution is -0.154. The molecule has 0 spiro atoms. The highest BCUT2D eigenvalue weighted by molar-refractivity contribution is 5.70. The number of aliphatic hydroxyl groups excluding tert-OH is 1. The third-order valence-corrected chi connectivity index (χ3v) is 7.39. The number of ether oxygens (including phenoxy) is 6. The lowest BCUT2D eigenvalue weighted by Crippen LogP contribution is -2.27. The quantitative estimate of drug-likeness (QED) is 0.0623. The highest BCUT2D eigenvalue weighted by Gasteiger charge is 2.17. The number of nitrogens with zero attached hydrogens (tertiary/aromatic N) is 1. The van der Waals surface area contributed by atoms with Gasteiger partial charge in [-0.15, -0.1) is 0 Å². The van der Waals surface area contributed by atoms with E-state index in [0.29, 0.717) is 12.8 Å². The number of hydrogen-bond donors (Lipinski definition) is 1. The van der Waals surface area contributed by atoms with Gasteiger partial charge in [-0.3, -0.25) is 28.8 Å². The molecule has 0 amide bonds. The van der Waals surface area contributed by atoms with Gasteiger partial charge in [-0.2, -0.15) is 0 Å². The number of aliphatic hydroxyl groups is 1. The summed E-state index contributed by atoms with van der Waals surface area (Å²) in [6.07, 6.45) is 10.5. The number of carbonyl (C=O) groups is 6. The molecule has 0 heterocycles. The Morgan fingerprint density at radius 1 is 0.429 bits per heavy atom. The predicted molar refractivity (Wildman–Crippen MR) is 179 cm³/mol. The molecule has 0 aliphatic rings. The molecule has 0 aromatic heterocycles. The molecule has 0 aliphatic carbocycles. The summed E-state index contributed by atoms with van der Waals surface area (Å²) < 4.78 is 30.5. The van der Waals surface area contributed by atoms with Crippen LogP contribution in [0.4, 0.5) is 0 Å². The fourth-order valence-electron chi connectivity index (χ4n) is 4.67. The molecule has 0 aromatic carbocycles. The lowest BCUT2D eigenvalue weighted by Gasteiger charge is -2.22. The van der Waals surface area contributed by atoms with E-state index in [2.05, 4.69) is 4.90 Å². The number of unbranched alkanes of at least 4 members (excludes halogenated alkanes) is 8. The van der Waals surface area contributed by atoms with Gasteiger partial charge in [-0.1, -0.05) is 32.1 Å². The number of carbonyl (C=O) groups excluding carboxylic acids is 6. The second kappa shape index (κ2) is 30.8. The molecule has 0 rings (SSSR count). The molecule has 0 saturated carbocycles. The Morgan fingerprint density at radius 3 is 1.04 bits per heavy atom. The van der Waals surface area contributed by atoms with E-state index in [9.17, 15) is 28.8 Å². The minimum atomic E-state index is -0.464. The van der Waals surface area contributed by atoms with Crippen LogP contribution in [0.25, 0.3) is 0 Å². The smallest absolute Gasteiger partial charge is 0.305 e. The van der Waals surface area contributed by atoms with Crippen molar-refractivity contribution in [3.8, 4) is 0 Å². The van der Waals surface area contributed by atoms with E-state index in [0.717, 1.165) is 77.4 Å². The molecule has 0 saturated heterocycles. The summed E-state index contributed by atoms with van der Waals surface area (Å²) in [6, 6.07) is 0. The molecule has 0 radical (unpaired) electrons. The fourth-order valence-corrected chi connectivity index (χ4v) is 4.67. The normalized spacial score (nSPS) is 11.0. The van der Waals surface area contributed by atoms with Crippen LogP contribution < -0.4 is 0 Å². The van der Waals surface area contributed by atoms with Crippen LogP contribution in [0.2, 0.25) is 0 Å². The van der Waals surface area contributed by atoms with Gasteiger partial charge < -0.3 is 38.4 Å². The summed E-state index contributed by atoms with van der Waals surface area (Å²) >= 11 is 0. The summed E-state index contributed by atoms with van der Waals surface area (Å²) in [5, 5.41) is 9.00. The van der Waals surface area contributed by atoms with Crippen LogP contribution in [0, 0.1) is 11.8 Å². The second-order valence-electron chi connectivity index (χ2n) is 12.3. The Balaban J connectivity index is 4.51. The molecule has 0 unspecified atom stereocenters. The van der Waals surface area contributed by atoms with Crippen molar-refractivity contribution in [2.45, 2.75) is 111 Å². The average molecular weight is 704 g/mol. The predicted octanol–water partition coefficient (Wildman–Crippen LogP) is 3.92. The van der Waals surface area contributed by atoms with E-state index in [-0.39, 0.29) is 71.0 Å². The van der Waals surface area contributed by atoms with Gasteiger partial charge in [0, 0.05) is 47.1 Å². The monoisotopic (exact) mass is 703 g/mol. The Morgan fingerprint density at radius 2 is 0.714 bits per heavy atom. The van der Waals surface area contributed by atoms with Crippen molar-refractivity contribution in [1.29, 1.82) is 0 Å². The summed E-state index contributed by atoms with van der Waals surface area (Å²) in [5.74, 6) is -3.41. The van der Waals surface area contributed by atoms with Crippen molar-refractivity contribution in [2.24, 2.45) is 11.8 Å². The topological polar surface area (TPSA) is 181 Å². The molecular weight excluding hydrogens is 642 g/mol. The Kier molecular flexibility index (Phi) is 28.7. The fraction of sp³-hybridized carbons (Fsp3) is 0.829. The van der Waals surface area contributed by atoms with Crippen molar-refractivity contribution < 1.29 is 62.3 Å². The molecule has 1 N–H and O–H groups in total. The number of rotatable bonds is 31. The zero-order valence-electron chi connectivity index (χ0n) is 30.2. The van der Waals surface area contributed by atoms with Crippen LogP contribution >= 0.6 is 0 Å². The van der Waals surface area contributed by atoms with Crippen LogP contribution in [0.5, 0.6) is 0 Å². The summed E-state index contributed by atoms with van der Waals surface area (Å²) in [7, 11) is 0. The van der Waals surface area contributed by atoms with E-state index in [1.54, 1.807) is 0 Å². The first kappa shape index (κ1) is 45.7. The van der Waals surface area contributed by atoms with Crippen LogP contribution in [-0.4, -0.2) is 112 Å². The van der Waals surface area contributed by atoms with E-state index in [1.165, 1.54) is 27.7 Å². The zero-order valence-corrected chi connectivity index (χ0v) is 30.2. The average Bonchev–Trinajstić information content (AvgIpc) is 3.04. The lowest BCUT2D eigenvalue weighted by atomic mass is 10.1. The summed E-state index contributed by atoms with van der Waals surface area (Å²) in [4.78, 5) is 71.4. The van der Waals surface area contributed by atoms with Gasteiger partial charge in [0.15, 0.2) is 0 Å². The van der Waals surface area contributed by atoms with Crippen LogP contribution in [0.1, 0.15) is 111 Å². The van der Waals surface area contributed by atoms with Crippen molar-refractivity contribution >= 4 is 35.8 Å². The zero-order chi connectivity index (χ0) is 36.7. The first-order valence-electron chi connectivity index (χ1n) is 17.6. The van der Waals surface area contributed by atoms with Gasteiger partial charge in [0.25, 0.3) is 0 Å². The summed E-state index contributed by atoms with van der Waals surface area (Å²) in [5.41, 5.74) is 0. The van der Waals surface area contributed by atoms with E-state index in [4.69, 9.17) is 33.5 Å². The van der Waals surface area contributed by atoms with Crippen molar-refractivity contribution in [3.63, 3.8) is 0 Å². The maximum absolute atomic E-state index is 12.3. The minimum Gasteiger partial charge on any atom is -0.465 e. The first-order chi connectivity index (χ1) is 23.4. The Hall–Kier alpha value is -3.26. The SMILES string of the molecule is CC(=O)OCC(COC(C)=O)COC(=O)CCCCCN(CCCCCCCO)CCCCCC(=O)OCC(COC(C)=O)COC(C)=O. The Bertz CT molecular complexity index is 840. The minimum absolute atomic E-state index is 0.00408. The molecule has 0 atom stereocenters. The molecule has 14 nitrogen and oxygen atoms in total. The van der Waals surface area contributed by atoms with E-state index >= 15 is 0 Å². The van der Waals surface area contributed by atoms with Gasteiger partial charge in [0.2, 0.25) is 0 Å². The van der Waals surface area contributed by atoms with Gasteiger partial charge in [-0.05, 0) is 58.2 Å². The van der Waals surface area contributed by atoms with Crippen molar-refractivity contribution in [3.05, 3.63) is 0 Å². The third kappa shape index (κ3) is 31.7. The number of esters is 6. The molecule has 0 aliphatic heterocycles. The van der Waals surface area contributed by atoms with Crippen LogP contribution in [0.3, 0.4) is 0 Å². The summed E-state index contributed by atoms with van der Waals surface area (Å²) in [6.45, 7) is 8.06. The van der Waals surface area contributed by atoms with Crippen molar-refractivity contribution in [1.82, 2.24) is 4.90 Å². The van der Waals surface area contributed by atoms with Gasteiger partial charge in [0.1, 0.15) is 39.6 Å². The van der Waals surface area contributed by atoms with Crippen molar-refractivity contribution in [2.75, 3.05) is 65.9 Å². The highest BCUT2D eigenvalue weighted by Crippen LogP contribution is 2.11. The molecule has 0 bridgehead atoms. The van der Waals surface area contributed by atoms with Gasteiger partial charge >= 0.3 is 35.8 Å². The molecule has 0 fully saturated rings. The van der Waals surface area contributed by atoms with Crippen LogP contribution in [0.15, 0.2) is 0 Å². The maximum Gasteiger partial charge on any atom is 0.305 e. The molecule has 0 aromatic rings. The molecule has 49 heavy (non-hydrogen) atoms. The van der Waals surface area contributed by atoms with E-state index in [1.807, 2.05) is 0 Å². The number of hydrogen-bond acceptors (Lipinski definition) is 14. The van der Waals surface area contributed by atoms with E-state index < -0.39 is 35.7 Å². The van der Waals surface area contributed by atoms with Crippen LogP contribution in [-0.2, 0) is 57.2 Å². The van der Waals surface area contributed by atoms with Gasteiger partial charge in [0.05, 0.1) is 11.8 Å². The first-order valence-corrected chi connectivity index (χ1v) is 17.6. The molecule has 14 heteroatoms. The van der Waals surface area contributed by atoms with Gasteiger partial charge in [-0.25, -0.2) is 0 Å². The second-order valence-corrected chi connectivity index (χ2v) is 12.3. The largest absolute Gasteiger partial charge is 0.465 e. The Labute approximate surface area is 291 Å². The standard InChI is InChI=1S/C35H61NO13/c1-28(38)44-22-32(23-45-29(2)39)26-48-34(42)16-10-8-13-19-36(18-12-6-5-7-15-21-37)20-14-9-11-17-35(43)49-27-33(24-46-30(3)40)25-47-31(4)41/h32-33,37H,5-27H2,1-4H3. The highest BCUT2D eigenvalue weighted by atomic mass is 16.6. The third-order valence-electron chi connectivity index (χ3n) is 7.39. The maximum atomic E-state index is 12.3. The molecule has 284 valence electrons.